The molecule has 3 heterocycles. The molecule has 0 saturated carbocycles. The van der Waals surface area contributed by atoms with E-state index in [-0.39, 0.29) is 30.4 Å². The molecule has 3 aliphatic rings. The molecule has 3 atom stereocenters. The van der Waals surface area contributed by atoms with Crippen LogP contribution in [-0.4, -0.2) is 55.2 Å². The topological polar surface area (TPSA) is 60.9 Å². The molecule has 1 amide bonds. The van der Waals surface area contributed by atoms with E-state index < -0.39 is 15.3 Å². The third kappa shape index (κ3) is 4.15. The van der Waals surface area contributed by atoms with E-state index in [9.17, 15) is 13.2 Å². The number of hydrogen-bond acceptors (Lipinski definition) is 4. The summed E-state index contributed by atoms with van der Waals surface area (Å²) in [6, 6.07) is 14.4. The highest BCUT2D eigenvalue weighted by molar-refractivity contribution is 7.89. The minimum Gasteiger partial charge on any atom is -0.368 e. The van der Waals surface area contributed by atoms with Gasteiger partial charge in [0.1, 0.15) is 11.1 Å². The SMILES string of the molecule is C[C@H]1CCC(c2ccccc2)S(=O)(=O)N1Cc1ccc(N2CCN3C(=O)CC[C@H]3C2)cc1F. The number of rotatable bonds is 4. The van der Waals surface area contributed by atoms with Crippen molar-refractivity contribution >= 4 is 21.6 Å². The zero-order chi connectivity index (χ0) is 23.2. The Hall–Kier alpha value is -2.45. The molecule has 0 aliphatic carbocycles. The first kappa shape index (κ1) is 22.3. The fourth-order valence-electron chi connectivity index (χ4n) is 5.48. The van der Waals surface area contributed by atoms with Crippen molar-refractivity contribution in [3.8, 4) is 0 Å². The summed E-state index contributed by atoms with van der Waals surface area (Å²) in [6.45, 7) is 3.98. The van der Waals surface area contributed by atoms with Crippen LogP contribution in [0.4, 0.5) is 10.1 Å². The van der Waals surface area contributed by atoms with Crippen LogP contribution < -0.4 is 4.90 Å². The molecule has 8 heteroatoms. The second kappa shape index (κ2) is 8.72. The number of halogens is 1. The molecule has 0 aromatic heterocycles. The maximum absolute atomic E-state index is 15.2. The lowest BCUT2D eigenvalue weighted by molar-refractivity contribution is -0.129. The summed E-state index contributed by atoms with van der Waals surface area (Å²) in [5, 5.41) is -0.595. The number of nitrogens with zero attached hydrogens (tertiary/aromatic N) is 3. The van der Waals surface area contributed by atoms with Crippen molar-refractivity contribution in [3.63, 3.8) is 0 Å². The number of carbonyl (C=O) groups excluding carboxylic acids is 1. The summed E-state index contributed by atoms with van der Waals surface area (Å²) in [7, 11) is -3.61. The van der Waals surface area contributed by atoms with Gasteiger partial charge in [-0.15, -0.1) is 0 Å². The molecule has 5 rings (SSSR count). The van der Waals surface area contributed by atoms with E-state index in [0.717, 1.165) is 24.1 Å². The lowest BCUT2D eigenvalue weighted by Gasteiger charge is -2.39. The van der Waals surface area contributed by atoms with Gasteiger partial charge < -0.3 is 9.80 Å². The average molecular weight is 472 g/mol. The highest BCUT2D eigenvalue weighted by Crippen LogP contribution is 2.38. The number of sulfonamides is 1. The molecule has 176 valence electrons. The quantitative estimate of drug-likeness (QED) is 0.682. The van der Waals surface area contributed by atoms with Gasteiger partial charge in [0.25, 0.3) is 0 Å². The number of amides is 1. The van der Waals surface area contributed by atoms with Crippen molar-refractivity contribution in [2.45, 2.75) is 56.5 Å². The predicted molar refractivity (Wildman–Crippen MR) is 126 cm³/mol. The third-order valence-corrected chi connectivity index (χ3v) is 9.79. The van der Waals surface area contributed by atoms with Crippen LogP contribution in [-0.2, 0) is 21.4 Å². The molecule has 2 aromatic rings. The molecule has 3 aliphatic heterocycles. The summed E-state index contributed by atoms with van der Waals surface area (Å²) >= 11 is 0. The largest absolute Gasteiger partial charge is 0.368 e. The van der Waals surface area contributed by atoms with E-state index in [1.807, 2.05) is 48.2 Å². The zero-order valence-electron chi connectivity index (χ0n) is 18.9. The predicted octanol–water partition coefficient (Wildman–Crippen LogP) is 3.69. The maximum Gasteiger partial charge on any atom is 0.223 e. The summed E-state index contributed by atoms with van der Waals surface area (Å²) < 4.78 is 43.5. The molecule has 0 radical (unpaired) electrons. The first-order valence-electron chi connectivity index (χ1n) is 11.7. The monoisotopic (exact) mass is 471 g/mol. The van der Waals surface area contributed by atoms with Crippen molar-refractivity contribution in [3.05, 3.63) is 65.5 Å². The minimum absolute atomic E-state index is 0.0316. The molecule has 3 saturated heterocycles. The molecule has 0 N–H and O–H groups in total. The van der Waals surface area contributed by atoms with Gasteiger partial charge in [-0.1, -0.05) is 36.4 Å². The Morgan fingerprint density at radius 3 is 2.58 bits per heavy atom. The number of carbonyl (C=O) groups is 1. The summed E-state index contributed by atoms with van der Waals surface area (Å²) in [5.41, 5.74) is 1.96. The summed E-state index contributed by atoms with van der Waals surface area (Å²) in [5.74, 6) is -0.173. The highest BCUT2D eigenvalue weighted by atomic mass is 32.2. The number of hydrogen-bond donors (Lipinski definition) is 0. The molecular weight excluding hydrogens is 441 g/mol. The van der Waals surface area contributed by atoms with Crippen LogP contribution in [0, 0.1) is 5.82 Å². The fraction of sp³-hybridized carbons (Fsp3) is 0.480. The first-order chi connectivity index (χ1) is 15.8. The van der Waals surface area contributed by atoms with E-state index in [1.54, 1.807) is 6.07 Å². The average Bonchev–Trinajstić information content (AvgIpc) is 3.18. The Kier molecular flexibility index (Phi) is 5.91. The fourth-order valence-corrected chi connectivity index (χ4v) is 7.67. The van der Waals surface area contributed by atoms with Gasteiger partial charge in [0.15, 0.2) is 0 Å². The minimum atomic E-state index is -3.61. The van der Waals surface area contributed by atoms with Gasteiger partial charge in [0.05, 0.1) is 0 Å². The van der Waals surface area contributed by atoms with Gasteiger partial charge in [-0.25, -0.2) is 12.8 Å². The molecule has 1 unspecified atom stereocenters. The molecule has 0 spiro atoms. The molecule has 2 aromatic carbocycles. The number of piperazine rings is 1. The van der Waals surface area contributed by atoms with E-state index in [2.05, 4.69) is 4.90 Å². The first-order valence-corrected chi connectivity index (χ1v) is 13.2. The molecular formula is C25H30FN3O3S. The van der Waals surface area contributed by atoms with Gasteiger partial charge in [-0.05, 0) is 43.9 Å². The summed E-state index contributed by atoms with van der Waals surface area (Å²) in [6.07, 6.45) is 2.76. The standard InChI is InChI=1S/C25H30FN3O3S/c1-18-7-11-24(19-5-3-2-4-6-19)33(31,32)29(18)16-20-8-9-21(15-23(20)26)27-13-14-28-22(17-27)10-12-25(28)30/h2-6,8-9,15,18,22,24H,7,10-14,16-17H2,1H3/t18-,22-,24?/m0/s1. The zero-order valence-corrected chi connectivity index (χ0v) is 19.7. The van der Waals surface area contributed by atoms with Crippen LogP contribution in [0.2, 0.25) is 0 Å². The van der Waals surface area contributed by atoms with Crippen molar-refractivity contribution in [1.29, 1.82) is 0 Å². The second-order valence-corrected chi connectivity index (χ2v) is 11.5. The van der Waals surface area contributed by atoms with Crippen LogP contribution >= 0.6 is 0 Å². The summed E-state index contributed by atoms with van der Waals surface area (Å²) in [4.78, 5) is 16.0. The van der Waals surface area contributed by atoms with E-state index in [1.165, 1.54) is 10.4 Å². The van der Waals surface area contributed by atoms with Crippen LogP contribution in [0.3, 0.4) is 0 Å². The van der Waals surface area contributed by atoms with Crippen LogP contribution in [0.1, 0.15) is 49.0 Å². The highest BCUT2D eigenvalue weighted by Gasteiger charge is 2.41. The molecule has 0 bridgehead atoms. The Morgan fingerprint density at radius 2 is 1.82 bits per heavy atom. The van der Waals surface area contributed by atoms with Crippen molar-refractivity contribution < 1.29 is 17.6 Å². The lowest BCUT2D eigenvalue weighted by atomic mass is 10.0. The van der Waals surface area contributed by atoms with Gasteiger partial charge in [-0.3, -0.25) is 4.79 Å². The second-order valence-electron chi connectivity index (χ2n) is 9.42. The van der Waals surface area contributed by atoms with Crippen LogP contribution in [0.25, 0.3) is 0 Å². The third-order valence-electron chi connectivity index (χ3n) is 7.42. The Labute approximate surface area is 195 Å². The van der Waals surface area contributed by atoms with Gasteiger partial charge in [0, 0.05) is 55.9 Å². The normalized spacial score (nSPS) is 27.6. The van der Waals surface area contributed by atoms with E-state index in [0.29, 0.717) is 38.0 Å². The number of fused-ring (bicyclic) bond motifs is 1. The molecule has 6 nitrogen and oxygen atoms in total. The smallest absolute Gasteiger partial charge is 0.223 e. The Morgan fingerprint density at radius 1 is 1.03 bits per heavy atom. The van der Waals surface area contributed by atoms with Gasteiger partial charge in [-0.2, -0.15) is 4.31 Å². The van der Waals surface area contributed by atoms with Crippen molar-refractivity contribution in [1.82, 2.24) is 9.21 Å². The lowest BCUT2D eigenvalue weighted by Crippen LogP contribution is -2.51. The van der Waals surface area contributed by atoms with Gasteiger partial charge >= 0.3 is 0 Å². The maximum atomic E-state index is 15.2. The molecule has 33 heavy (non-hydrogen) atoms. The Bertz CT molecular complexity index is 1140. The number of anilines is 1. The van der Waals surface area contributed by atoms with Crippen LogP contribution in [0.5, 0.6) is 0 Å². The van der Waals surface area contributed by atoms with Crippen molar-refractivity contribution in [2.24, 2.45) is 0 Å². The Balaban J connectivity index is 1.34. The molecule has 3 fully saturated rings. The van der Waals surface area contributed by atoms with Crippen LogP contribution in [0.15, 0.2) is 48.5 Å². The van der Waals surface area contributed by atoms with E-state index >= 15 is 4.39 Å². The van der Waals surface area contributed by atoms with E-state index in [4.69, 9.17) is 0 Å². The number of benzene rings is 2. The van der Waals surface area contributed by atoms with Gasteiger partial charge in [0.2, 0.25) is 15.9 Å². The van der Waals surface area contributed by atoms with Crippen molar-refractivity contribution in [2.75, 3.05) is 24.5 Å².